The quantitative estimate of drug-likeness (QED) is 0.497. The van der Waals surface area contributed by atoms with Crippen molar-refractivity contribution in [3.63, 3.8) is 0 Å². The number of carbonyl (C=O) groups excluding carboxylic acids is 2. The molecule has 0 atom stereocenters. The van der Waals surface area contributed by atoms with E-state index in [1.165, 1.54) is 31.3 Å². The summed E-state index contributed by atoms with van der Waals surface area (Å²) >= 11 is 0. The monoisotopic (exact) mass is 393 g/mol. The molecule has 152 valence electrons. The Balaban J connectivity index is 1.49. The Morgan fingerprint density at radius 3 is 2.52 bits per heavy atom. The molecule has 0 unspecified atom stereocenters. The molecule has 0 fully saturated rings. The number of benzene rings is 1. The van der Waals surface area contributed by atoms with Crippen molar-refractivity contribution in [2.24, 2.45) is 0 Å². The fourth-order valence-electron chi connectivity index (χ4n) is 3.23. The molecule has 1 amide bonds. The first kappa shape index (κ1) is 20.6. The van der Waals surface area contributed by atoms with Crippen LogP contribution in [0.15, 0.2) is 54.2 Å². The van der Waals surface area contributed by atoms with E-state index in [2.05, 4.69) is 21.7 Å². The molecule has 6 heteroatoms. The van der Waals surface area contributed by atoms with Gasteiger partial charge in [0.2, 0.25) is 0 Å². The molecule has 0 bridgehead atoms. The lowest BCUT2D eigenvalue weighted by Gasteiger charge is -2.13. The predicted octanol–water partition coefficient (Wildman–Crippen LogP) is 4.81. The fourth-order valence-corrected chi connectivity index (χ4v) is 3.23. The SMILES string of the molecule is CCOC(=O)c1ccc(NC(=O)c2ccc(NCCC3=CCCCC3)cn2)cc1. The second-order valence-electron chi connectivity index (χ2n) is 6.97. The van der Waals surface area contributed by atoms with Crippen LogP contribution in [0.25, 0.3) is 0 Å². The average Bonchev–Trinajstić information content (AvgIpc) is 2.75. The number of allylic oxidation sites excluding steroid dienone is 1. The summed E-state index contributed by atoms with van der Waals surface area (Å²) in [4.78, 5) is 28.3. The van der Waals surface area contributed by atoms with Gasteiger partial charge in [0.05, 0.1) is 24.1 Å². The van der Waals surface area contributed by atoms with Gasteiger partial charge in [-0.1, -0.05) is 11.6 Å². The summed E-state index contributed by atoms with van der Waals surface area (Å²) in [5.41, 5.74) is 3.80. The standard InChI is InChI=1S/C23H27N3O3/c1-2-29-23(28)18-8-10-19(11-9-18)26-22(27)21-13-12-20(16-25-21)24-15-14-17-6-4-3-5-7-17/h6,8-13,16,24H,2-5,7,14-15H2,1H3,(H,26,27). The van der Waals surface area contributed by atoms with Gasteiger partial charge in [0.15, 0.2) is 0 Å². The molecule has 1 aliphatic rings. The molecule has 29 heavy (non-hydrogen) atoms. The Morgan fingerprint density at radius 1 is 1.07 bits per heavy atom. The first-order valence-electron chi connectivity index (χ1n) is 10.1. The number of esters is 1. The van der Waals surface area contributed by atoms with Gasteiger partial charge in [-0.25, -0.2) is 9.78 Å². The molecule has 0 spiro atoms. The number of nitrogens with zero attached hydrogens (tertiary/aromatic N) is 1. The molecular formula is C23H27N3O3. The molecule has 1 aliphatic carbocycles. The Bertz CT molecular complexity index is 858. The lowest BCUT2D eigenvalue weighted by Crippen LogP contribution is -2.14. The molecule has 1 heterocycles. The zero-order valence-corrected chi connectivity index (χ0v) is 16.7. The number of pyridine rings is 1. The highest BCUT2D eigenvalue weighted by Crippen LogP contribution is 2.20. The minimum Gasteiger partial charge on any atom is -0.462 e. The Morgan fingerprint density at radius 2 is 1.86 bits per heavy atom. The van der Waals surface area contributed by atoms with Crippen molar-refractivity contribution in [1.82, 2.24) is 4.98 Å². The number of hydrogen-bond donors (Lipinski definition) is 2. The van der Waals surface area contributed by atoms with E-state index in [0.717, 1.165) is 18.7 Å². The van der Waals surface area contributed by atoms with E-state index in [0.29, 0.717) is 23.6 Å². The smallest absolute Gasteiger partial charge is 0.338 e. The van der Waals surface area contributed by atoms with Crippen LogP contribution in [0.5, 0.6) is 0 Å². The van der Waals surface area contributed by atoms with Crippen molar-refractivity contribution in [3.05, 3.63) is 65.5 Å². The van der Waals surface area contributed by atoms with Crippen molar-refractivity contribution in [1.29, 1.82) is 0 Å². The zero-order chi connectivity index (χ0) is 20.5. The predicted molar refractivity (Wildman–Crippen MR) is 114 cm³/mol. The molecule has 0 saturated carbocycles. The van der Waals surface area contributed by atoms with E-state index in [1.807, 2.05) is 6.07 Å². The van der Waals surface area contributed by atoms with Gasteiger partial charge in [-0.3, -0.25) is 4.79 Å². The van der Waals surface area contributed by atoms with E-state index in [4.69, 9.17) is 4.74 Å². The molecular weight excluding hydrogens is 366 g/mol. The minimum absolute atomic E-state index is 0.298. The highest BCUT2D eigenvalue weighted by molar-refractivity contribution is 6.03. The molecule has 1 aromatic carbocycles. The van der Waals surface area contributed by atoms with E-state index < -0.39 is 0 Å². The summed E-state index contributed by atoms with van der Waals surface area (Å²) in [7, 11) is 0. The van der Waals surface area contributed by atoms with Crippen LogP contribution in [-0.2, 0) is 4.74 Å². The summed E-state index contributed by atoms with van der Waals surface area (Å²) in [5.74, 6) is -0.678. The number of nitrogens with one attached hydrogen (secondary N) is 2. The van der Waals surface area contributed by atoms with E-state index >= 15 is 0 Å². The van der Waals surface area contributed by atoms with Crippen LogP contribution in [0, 0.1) is 0 Å². The minimum atomic E-state index is -0.380. The maximum Gasteiger partial charge on any atom is 0.338 e. The van der Waals surface area contributed by atoms with Crippen molar-refractivity contribution in [2.45, 2.75) is 39.0 Å². The average molecular weight is 393 g/mol. The van der Waals surface area contributed by atoms with Crippen molar-refractivity contribution >= 4 is 23.3 Å². The van der Waals surface area contributed by atoms with Crippen LogP contribution in [0.4, 0.5) is 11.4 Å². The van der Waals surface area contributed by atoms with Crippen LogP contribution in [0.1, 0.15) is 59.9 Å². The van der Waals surface area contributed by atoms with Gasteiger partial charge in [0, 0.05) is 12.2 Å². The number of rotatable bonds is 8. The maximum atomic E-state index is 12.4. The summed E-state index contributed by atoms with van der Waals surface area (Å²) in [6, 6.07) is 10.1. The van der Waals surface area contributed by atoms with Gasteiger partial charge in [-0.05, 0) is 75.4 Å². The van der Waals surface area contributed by atoms with Gasteiger partial charge in [-0.2, -0.15) is 0 Å². The summed E-state index contributed by atoms with van der Waals surface area (Å²) in [6.07, 6.45) is 10.1. The third kappa shape index (κ3) is 6.17. The van der Waals surface area contributed by atoms with Gasteiger partial charge in [0.1, 0.15) is 5.69 Å². The van der Waals surface area contributed by atoms with E-state index in [9.17, 15) is 9.59 Å². The third-order valence-corrected chi connectivity index (χ3v) is 4.81. The molecule has 0 saturated heterocycles. The van der Waals surface area contributed by atoms with Gasteiger partial charge in [0.25, 0.3) is 5.91 Å². The van der Waals surface area contributed by atoms with Crippen LogP contribution in [0.2, 0.25) is 0 Å². The van der Waals surface area contributed by atoms with E-state index in [-0.39, 0.29) is 11.9 Å². The first-order valence-corrected chi connectivity index (χ1v) is 10.1. The highest BCUT2D eigenvalue weighted by Gasteiger charge is 2.10. The molecule has 0 aliphatic heterocycles. The second-order valence-corrected chi connectivity index (χ2v) is 6.97. The zero-order valence-electron chi connectivity index (χ0n) is 16.7. The highest BCUT2D eigenvalue weighted by atomic mass is 16.5. The largest absolute Gasteiger partial charge is 0.462 e. The van der Waals surface area contributed by atoms with Crippen molar-refractivity contribution < 1.29 is 14.3 Å². The molecule has 2 N–H and O–H groups in total. The van der Waals surface area contributed by atoms with Crippen molar-refractivity contribution in [3.8, 4) is 0 Å². The first-order chi connectivity index (χ1) is 14.2. The van der Waals surface area contributed by atoms with Gasteiger partial charge < -0.3 is 15.4 Å². The summed E-state index contributed by atoms with van der Waals surface area (Å²) in [5, 5.41) is 6.14. The number of aromatic nitrogens is 1. The van der Waals surface area contributed by atoms with Crippen LogP contribution >= 0.6 is 0 Å². The Kier molecular flexibility index (Phi) is 7.39. The number of carbonyl (C=O) groups is 2. The van der Waals surface area contributed by atoms with Gasteiger partial charge in [-0.15, -0.1) is 0 Å². The lowest BCUT2D eigenvalue weighted by molar-refractivity contribution is 0.0526. The fraction of sp³-hybridized carbons (Fsp3) is 0.348. The van der Waals surface area contributed by atoms with E-state index in [1.54, 1.807) is 43.5 Å². The number of amides is 1. The summed E-state index contributed by atoms with van der Waals surface area (Å²) < 4.78 is 4.95. The third-order valence-electron chi connectivity index (χ3n) is 4.81. The van der Waals surface area contributed by atoms with Crippen molar-refractivity contribution in [2.75, 3.05) is 23.8 Å². The summed E-state index contributed by atoms with van der Waals surface area (Å²) in [6.45, 7) is 2.95. The topological polar surface area (TPSA) is 80.3 Å². The number of anilines is 2. The van der Waals surface area contributed by atoms with Crippen LogP contribution < -0.4 is 10.6 Å². The normalized spacial score (nSPS) is 13.3. The molecule has 3 rings (SSSR count). The van der Waals surface area contributed by atoms with Crippen LogP contribution in [-0.4, -0.2) is 30.0 Å². The number of hydrogen-bond acceptors (Lipinski definition) is 5. The number of ether oxygens (including phenoxy) is 1. The molecule has 2 aromatic rings. The van der Waals surface area contributed by atoms with Crippen LogP contribution in [0.3, 0.4) is 0 Å². The van der Waals surface area contributed by atoms with Gasteiger partial charge >= 0.3 is 5.97 Å². The maximum absolute atomic E-state index is 12.4. The molecule has 6 nitrogen and oxygen atoms in total. The molecule has 0 radical (unpaired) electrons. The Hall–Kier alpha value is -3.15. The second kappa shape index (κ2) is 10.4. The molecule has 1 aromatic heterocycles. The Labute approximate surface area is 171 Å². The lowest BCUT2D eigenvalue weighted by atomic mass is 9.97.